The number of para-hydroxylation sites is 1. The zero-order valence-corrected chi connectivity index (χ0v) is 25.4. The lowest BCUT2D eigenvalue weighted by atomic mass is 9.82. The number of carbonyl (C=O) groups excluding carboxylic acids is 1. The molecule has 1 saturated carbocycles. The molecule has 3 aromatic rings. The number of hydrogen-bond donors (Lipinski definition) is 0. The summed E-state index contributed by atoms with van der Waals surface area (Å²) in [4.78, 5) is 23.5. The second kappa shape index (κ2) is 12.2. The van der Waals surface area contributed by atoms with Gasteiger partial charge in [0.05, 0.1) is 48.9 Å². The Morgan fingerprint density at radius 3 is 2.21 bits per heavy atom. The molecule has 4 aliphatic rings. The van der Waals surface area contributed by atoms with Gasteiger partial charge in [0.2, 0.25) is 10.0 Å². The number of morpholine rings is 2. The summed E-state index contributed by atoms with van der Waals surface area (Å²) in [6.07, 6.45) is 5.37. The van der Waals surface area contributed by atoms with Gasteiger partial charge < -0.3 is 14.4 Å². The van der Waals surface area contributed by atoms with E-state index in [1.54, 1.807) is 0 Å². The molecule has 7 rings (SSSR count). The van der Waals surface area contributed by atoms with Crippen molar-refractivity contribution in [2.75, 3.05) is 76.3 Å². The number of pyridine rings is 1. The van der Waals surface area contributed by atoms with E-state index in [1.807, 2.05) is 41.1 Å². The SMILES string of the molecule is O=C(CS(=O)(=O)N1CCOCC1)c1cc(N2CCC(N3CCOCC3)CC2)c2c(C3CCC3)nn(-c3ccccc3)c2n1. The summed E-state index contributed by atoms with van der Waals surface area (Å²) in [6.45, 7) is 6.40. The molecule has 0 N–H and O–H groups in total. The molecule has 0 unspecified atom stereocenters. The minimum Gasteiger partial charge on any atom is -0.379 e. The molecule has 43 heavy (non-hydrogen) atoms. The Morgan fingerprint density at radius 1 is 0.884 bits per heavy atom. The number of fused-ring (bicyclic) bond motifs is 1. The third kappa shape index (κ3) is 5.83. The molecule has 12 heteroatoms. The van der Waals surface area contributed by atoms with E-state index in [0.29, 0.717) is 30.8 Å². The van der Waals surface area contributed by atoms with Crippen molar-refractivity contribution < 1.29 is 22.7 Å². The van der Waals surface area contributed by atoms with Gasteiger partial charge >= 0.3 is 0 Å². The highest BCUT2D eigenvalue weighted by molar-refractivity contribution is 7.89. The highest BCUT2D eigenvalue weighted by Gasteiger charge is 2.34. The highest BCUT2D eigenvalue weighted by Crippen LogP contribution is 2.43. The molecule has 1 aliphatic carbocycles. The minimum absolute atomic E-state index is 0.173. The molecule has 3 saturated heterocycles. The molecule has 11 nitrogen and oxygen atoms in total. The number of ketones is 1. The summed E-state index contributed by atoms with van der Waals surface area (Å²) in [7, 11) is -3.79. The maximum Gasteiger partial charge on any atom is 0.221 e. The van der Waals surface area contributed by atoms with Gasteiger partial charge in [0, 0.05) is 51.2 Å². The molecular formula is C31H40N6O5S. The van der Waals surface area contributed by atoms with Crippen LogP contribution in [0.2, 0.25) is 0 Å². The fraction of sp³-hybridized carbons (Fsp3) is 0.581. The Hall–Kier alpha value is -2.90. The Morgan fingerprint density at radius 2 is 1.56 bits per heavy atom. The molecule has 1 aromatic carbocycles. The van der Waals surface area contributed by atoms with Crippen LogP contribution in [0.15, 0.2) is 36.4 Å². The number of sulfonamides is 1. The summed E-state index contributed by atoms with van der Waals surface area (Å²) in [5.41, 5.74) is 3.64. The fourth-order valence-corrected chi connectivity index (χ4v) is 8.17. The maximum atomic E-state index is 13.7. The average molecular weight is 609 g/mol. The Bertz CT molecular complexity index is 1550. The number of nitrogens with zero attached hydrogens (tertiary/aromatic N) is 6. The van der Waals surface area contributed by atoms with Crippen molar-refractivity contribution in [1.82, 2.24) is 24.0 Å². The second-order valence-electron chi connectivity index (χ2n) is 12.0. The van der Waals surface area contributed by atoms with Crippen molar-refractivity contribution >= 4 is 32.5 Å². The third-order valence-corrected chi connectivity index (χ3v) is 11.2. The van der Waals surface area contributed by atoms with Crippen LogP contribution in [0.4, 0.5) is 5.69 Å². The van der Waals surface area contributed by atoms with Gasteiger partial charge in [-0.2, -0.15) is 9.40 Å². The number of carbonyl (C=O) groups is 1. The quantitative estimate of drug-likeness (QED) is 0.357. The first-order valence-electron chi connectivity index (χ1n) is 15.6. The first kappa shape index (κ1) is 28.8. The van der Waals surface area contributed by atoms with Crippen LogP contribution in [0.25, 0.3) is 16.7 Å². The Labute approximate surface area is 252 Å². The van der Waals surface area contributed by atoms with Crippen LogP contribution in [-0.4, -0.2) is 116 Å². The second-order valence-corrected chi connectivity index (χ2v) is 14.0. The lowest BCUT2D eigenvalue weighted by molar-refractivity contribution is 0.0115. The van der Waals surface area contributed by atoms with Crippen molar-refractivity contribution in [1.29, 1.82) is 0 Å². The molecule has 2 aromatic heterocycles. The predicted octanol–water partition coefficient (Wildman–Crippen LogP) is 2.83. The van der Waals surface area contributed by atoms with E-state index in [9.17, 15) is 13.2 Å². The van der Waals surface area contributed by atoms with E-state index in [4.69, 9.17) is 19.6 Å². The van der Waals surface area contributed by atoms with Crippen LogP contribution in [0, 0.1) is 0 Å². The number of piperidine rings is 1. The van der Waals surface area contributed by atoms with E-state index in [0.717, 1.165) is 87.5 Å². The molecule has 0 radical (unpaired) electrons. The molecule has 230 valence electrons. The zero-order chi connectivity index (χ0) is 29.4. The third-order valence-electron chi connectivity index (χ3n) is 9.47. The van der Waals surface area contributed by atoms with E-state index in [-0.39, 0.29) is 18.8 Å². The lowest BCUT2D eigenvalue weighted by Crippen LogP contribution is -2.49. The summed E-state index contributed by atoms with van der Waals surface area (Å²) >= 11 is 0. The average Bonchev–Trinajstić information content (AvgIpc) is 3.40. The van der Waals surface area contributed by atoms with Crippen molar-refractivity contribution in [3.63, 3.8) is 0 Å². The number of benzene rings is 1. The number of hydrogen-bond acceptors (Lipinski definition) is 9. The van der Waals surface area contributed by atoms with Crippen molar-refractivity contribution in [2.45, 2.75) is 44.1 Å². The number of Topliss-reactive ketones (excluding diaryl/α,β-unsaturated/α-hetero) is 1. The molecule has 4 fully saturated rings. The Balaban J connectivity index is 1.28. The largest absolute Gasteiger partial charge is 0.379 e. The van der Waals surface area contributed by atoms with Gasteiger partial charge in [-0.1, -0.05) is 24.6 Å². The van der Waals surface area contributed by atoms with E-state index in [1.165, 1.54) is 10.7 Å². The summed E-state index contributed by atoms with van der Waals surface area (Å²) < 4.78 is 40.5. The highest BCUT2D eigenvalue weighted by atomic mass is 32.2. The zero-order valence-electron chi connectivity index (χ0n) is 24.6. The summed E-state index contributed by atoms with van der Waals surface area (Å²) in [5, 5.41) is 6.12. The van der Waals surface area contributed by atoms with Crippen molar-refractivity contribution in [3.05, 3.63) is 47.8 Å². The van der Waals surface area contributed by atoms with Crippen molar-refractivity contribution in [3.8, 4) is 5.69 Å². The van der Waals surface area contributed by atoms with Crippen LogP contribution in [-0.2, 0) is 19.5 Å². The smallest absolute Gasteiger partial charge is 0.221 e. The molecule has 5 heterocycles. The van der Waals surface area contributed by atoms with Crippen LogP contribution in [0.3, 0.4) is 0 Å². The number of anilines is 1. The standard InChI is InChI=1S/C31H40N6O5S/c38-28(22-43(39,40)36-15-19-42-20-16-36)26-21-27(35-11-9-24(10-12-35)34-13-17-41-18-14-34)29-30(23-5-4-6-23)33-37(31(29)32-26)25-7-2-1-3-8-25/h1-3,7-8,21,23-24H,4-6,9-20,22H2. The first-order chi connectivity index (χ1) is 21.0. The molecule has 0 atom stereocenters. The van der Waals surface area contributed by atoms with Crippen LogP contribution < -0.4 is 4.90 Å². The Kier molecular flexibility index (Phi) is 8.21. The number of aromatic nitrogens is 3. The van der Waals surface area contributed by atoms with Gasteiger partial charge in [0.1, 0.15) is 11.4 Å². The van der Waals surface area contributed by atoms with Crippen LogP contribution >= 0.6 is 0 Å². The van der Waals surface area contributed by atoms with E-state index in [2.05, 4.69) is 9.80 Å². The fourth-order valence-electron chi connectivity index (χ4n) is 6.80. The normalized spacial score (nSPS) is 21.7. The first-order valence-corrected chi connectivity index (χ1v) is 17.2. The van der Waals surface area contributed by atoms with Gasteiger partial charge in [-0.15, -0.1) is 0 Å². The van der Waals surface area contributed by atoms with Crippen LogP contribution in [0.5, 0.6) is 0 Å². The predicted molar refractivity (Wildman–Crippen MR) is 164 cm³/mol. The van der Waals surface area contributed by atoms with Gasteiger partial charge in [-0.25, -0.2) is 18.1 Å². The molecule has 0 bridgehead atoms. The lowest BCUT2D eigenvalue weighted by Gasteiger charge is -2.41. The van der Waals surface area contributed by atoms with Crippen LogP contribution in [0.1, 0.15) is 54.2 Å². The van der Waals surface area contributed by atoms with Gasteiger partial charge in [0.15, 0.2) is 11.4 Å². The maximum absolute atomic E-state index is 13.7. The molecule has 0 spiro atoms. The number of ether oxygens (including phenoxy) is 2. The van der Waals surface area contributed by atoms with Crippen molar-refractivity contribution in [2.24, 2.45) is 0 Å². The molecule has 3 aliphatic heterocycles. The summed E-state index contributed by atoms with van der Waals surface area (Å²) in [5.74, 6) is -0.759. The van der Waals surface area contributed by atoms with E-state index >= 15 is 0 Å². The minimum atomic E-state index is -3.79. The monoisotopic (exact) mass is 608 g/mol. The molecule has 0 amide bonds. The van der Waals surface area contributed by atoms with E-state index < -0.39 is 21.6 Å². The van der Waals surface area contributed by atoms with Gasteiger partial charge in [0.25, 0.3) is 0 Å². The number of rotatable bonds is 8. The molecular weight excluding hydrogens is 568 g/mol. The summed E-state index contributed by atoms with van der Waals surface area (Å²) in [6, 6.07) is 12.2. The topological polar surface area (TPSA) is 110 Å². The van der Waals surface area contributed by atoms with Gasteiger partial charge in [-0.05, 0) is 43.9 Å². The van der Waals surface area contributed by atoms with Gasteiger partial charge in [-0.3, -0.25) is 9.69 Å².